The lowest BCUT2D eigenvalue weighted by molar-refractivity contribution is -0.385. The normalized spacial score (nSPS) is 20.2. The number of nitrogens with zero attached hydrogens (tertiary/aromatic N) is 2. The van der Waals surface area contributed by atoms with Gasteiger partial charge in [-0.15, -0.1) is 0 Å². The van der Waals surface area contributed by atoms with Crippen LogP contribution in [0.3, 0.4) is 0 Å². The van der Waals surface area contributed by atoms with Crippen LogP contribution < -0.4 is 0 Å². The molecule has 1 heterocycles. The Balaban J connectivity index is 2.22. The van der Waals surface area contributed by atoms with Crippen LogP contribution in [-0.4, -0.2) is 34.1 Å². The second kappa shape index (κ2) is 5.41. The number of halogens is 1. The van der Waals surface area contributed by atoms with Gasteiger partial charge < -0.3 is 5.11 Å². The molecule has 0 saturated carbocycles. The lowest BCUT2D eigenvalue weighted by atomic mass is 10.1. The van der Waals surface area contributed by atoms with Crippen molar-refractivity contribution in [2.75, 3.05) is 13.2 Å². The number of nitro groups is 1. The van der Waals surface area contributed by atoms with Crippen molar-refractivity contribution < 1.29 is 14.4 Å². The van der Waals surface area contributed by atoms with Crippen LogP contribution in [0.5, 0.6) is 0 Å². The molecule has 98 valence electrons. The fourth-order valence-electron chi connectivity index (χ4n) is 2.39. The van der Waals surface area contributed by atoms with Crippen molar-refractivity contribution in [3.63, 3.8) is 0 Å². The van der Waals surface area contributed by atoms with Crippen LogP contribution in [0.1, 0.15) is 18.4 Å². The molecule has 0 bridgehead atoms. The minimum atomic E-state index is -0.501. The van der Waals surface area contributed by atoms with Gasteiger partial charge in [-0.2, -0.15) is 0 Å². The van der Waals surface area contributed by atoms with E-state index in [1.165, 1.54) is 12.1 Å². The maximum absolute atomic E-state index is 13.2. The number of aliphatic hydroxyl groups excluding tert-OH is 1. The minimum absolute atomic E-state index is 0.0212. The van der Waals surface area contributed by atoms with Gasteiger partial charge in [-0.05, 0) is 31.5 Å². The average Bonchev–Trinajstić information content (AvgIpc) is 2.76. The molecule has 5 nitrogen and oxygen atoms in total. The first-order chi connectivity index (χ1) is 8.61. The van der Waals surface area contributed by atoms with Crippen molar-refractivity contribution in [3.05, 3.63) is 39.7 Å². The Bertz CT molecular complexity index is 453. The minimum Gasteiger partial charge on any atom is -0.395 e. The van der Waals surface area contributed by atoms with Crippen LogP contribution in [0.15, 0.2) is 18.2 Å². The maximum atomic E-state index is 13.2. The molecule has 1 atom stereocenters. The van der Waals surface area contributed by atoms with Crippen molar-refractivity contribution in [3.8, 4) is 0 Å². The standard InChI is InChI=1S/C12H15FN2O3/c13-10-3-4-12(15(17)18)9(6-10)7-14-5-1-2-11(14)8-16/h3-4,6,11,16H,1-2,5,7-8H2/t11-/m0/s1. The summed E-state index contributed by atoms with van der Waals surface area (Å²) >= 11 is 0. The Kier molecular flexibility index (Phi) is 3.88. The number of benzene rings is 1. The first-order valence-corrected chi connectivity index (χ1v) is 5.89. The summed E-state index contributed by atoms with van der Waals surface area (Å²) in [4.78, 5) is 12.3. The summed E-state index contributed by atoms with van der Waals surface area (Å²) < 4.78 is 13.2. The summed E-state index contributed by atoms with van der Waals surface area (Å²) in [5.41, 5.74) is 0.292. The van der Waals surface area contributed by atoms with Gasteiger partial charge in [-0.1, -0.05) is 0 Å². The first-order valence-electron chi connectivity index (χ1n) is 5.89. The van der Waals surface area contributed by atoms with E-state index in [9.17, 15) is 19.6 Å². The smallest absolute Gasteiger partial charge is 0.274 e. The molecular weight excluding hydrogens is 239 g/mol. The highest BCUT2D eigenvalue weighted by Gasteiger charge is 2.26. The summed E-state index contributed by atoms with van der Waals surface area (Å²) in [5, 5.41) is 20.1. The third-order valence-corrected chi connectivity index (χ3v) is 3.32. The molecule has 0 radical (unpaired) electrons. The molecule has 0 aromatic heterocycles. The molecule has 2 rings (SSSR count). The third-order valence-electron chi connectivity index (χ3n) is 3.32. The number of aliphatic hydroxyl groups is 1. The summed E-state index contributed by atoms with van der Waals surface area (Å²) in [6, 6.07) is 3.50. The van der Waals surface area contributed by atoms with Crippen LogP contribution in [0.2, 0.25) is 0 Å². The van der Waals surface area contributed by atoms with E-state index in [1.54, 1.807) is 0 Å². The van der Waals surface area contributed by atoms with E-state index in [2.05, 4.69) is 0 Å². The lowest BCUT2D eigenvalue weighted by Crippen LogP contribution is -2.31. The SMILES string of the molecule is O=[N+]([O-])c1ccc(F)cc1CN1CCC[C@H]1CO. The van der Waals surface area contributed by atoms with E-state index in [4.69, 9.17) is 0 Å². The van der Waals surface area contributed by atoms with E-state index in [-0.39, 0.29) is 18.3 Å². The van der Waals surface area contributed by atoms with Crippen molar-refractivity contribution in [1.82, 2.24) is 4.90 Å². The molecule has 0 spiro atoms. The van der Waals surface area contributed by atoms with Crippen molar-refractivity contribution >= 4 is 5.69 Å². The van der Waals surface area contributed by atoms with Gasteiger partial charge in [0.25, 0.3) is 5.69 Å². The van der Waals surface area contributed by atoms with E-state index in [1.807, 2.05) is 4.90 Å². The molecular formula is C12H15FN2O3. The zero-order valence-corrected chi connectivity index (χ0v) is 9.88. The Morgan fingerprint density at radius 2 is 2.33 bits per heavy atom. The van der Waals surface area contributed by atoms with Gasteiger partial charge in [-0.3, -0.25) is 15.0 Å². The van der Waals surface area contributed by atoms with Crippen LogP contribution in [0.25, 0.3) is 0 Å². The predicted octanol–water partition coefficient (Wildman–Crippen LogP) is 1.69. The van der Waals surface area contributed by atoms with Gasteiger partial charge in [-0.25, -0.2) is 4.39 Å². The maximum Gasteiger partial charge on any atom is 0.274 e. The average molecular weight is 254 g/mol. The number of hydrogen-bond acceptors (Lipinski definition) is 4. The summed E-state index contributed by atoms with van der Waals surface area (Å²) in [6.07, 6.45) is 1.83. The van der Waals surface area contributed by atoms with Gasteiger partial charge in [0.2, 0.25) is 0 Å². The fraction of sp³-hybridized carbons (Fsp3) is 0.500. The number of rotatable bonds is 4. The van der Waals surface area contributed by atoms with Crippen LogP contribution in [-0.2, 0) is 6.54 Å². The zero-order chi connectivity index (χ0) is 13.1. The van der Waals surface area contributed by atoms with Gasteiger partial charge in [0.15, 0.2) is 0 Å². The Hall–Kier alpha value is -1.53. The van der Waals surface area contributed by atoms with E-state index in [0.717, 1.165) is 25.5 Å². The highest BCUT2D eigenvalue weighted by Crippen LogP contribution is 2.25. The molecule has 0 unspecified atom stereocenters. The summed E-state index contributed by atoms with van der Waals surface area (Å²) in [5.74, 6) is -0.477. The lowest BCUT2D eigenvalue weighted by Gasteiger charge is -2.22. The highest BCUT2D eigenvalue weighted by atomic mass is 19.1. The molecule has 6 heteroatoms. The Morgan fingerprint density at radius 1 is 1.56 bits per heavy atom. The van der Waals surface area contributed by atoms with E-state index >= 15 is 0 Å². The monoisotopic (exact) mass is 254 g/mol. The molecule has 0 aliphatic carbocycles. The predicted molar refractivity (Wildman–Crippen MR) is 63.6 cm³/mol. The van der Waals surface area contributed by atoms with Crippen molar-refractivity contribution in [2.24, 2.45) is 0 Å². The summed E-state index contributed by atoms with van der Waals surface area (Å²) in [6.45, 7) is 1.11. The second-order valence-electron chi connectivity index (χ2n) is 4.48. The third kappa shape index (κ3) is 2.65. The number of hydrogen-bond donors (Lipinski definition) is 1. The highest BCUT2D eigenvalue weighted by molar-refractivity contribution is 5.40. The molecule has 1 saturated heterocycles. The second-order valence-corrected chi connectivity index (χ2v) is 4.48. The van der Waals surface area contributed by atoms with E-state index in [0.29, 0.717) is 12.1 Å². The Labute approximate surface area is 104 Å². The van der Waals surface area contributed by atoms with Crippen molar-refractivity contribution in [2.45, 2.75) is 25.4 Å². The topological polar surface area (TPSA) is 66.6 Å². The molecule has 1 aliphatic heterocycles. The fourth-order valence-corrected chi connectivity index (χ4v) is 2.39. The molecule has 0 amide bonds. The van der Waals surface area contributed by atoms with Crippen LogP contribution >= 0.6 is 0 Å². The molecule has 1 aromatic rings. The zero-order valence-electron chi connectivity index (χ0n) is 9.88. The Morgan fingerprint density at radius 3 is 3.00 bits per heavy atom. The first kappa shape index (κ1) is 12.9. The molecule has 1 aromatic carbocycles. The van der Waals surface area contributed by atoms with Gasteiger partial charge in [0.1, 0.15) is 5.82 Å². The largest absolute Gasteiger partial charge is 0.395 e. The van der Waals surface area contributed by atoms with Gasteiger partial charge in [0, 0.05) is 24.2 Å². The molecule has 18 heavy (non-hydrogen) atoms. The number of likely N-dealkylation sites (tertiary alicyclic amines) is 1. The molecule has 1 N–H and O–H groups in total. The number of nitro benzene ring substituents is 1. The molecule has 1 aliphatic rings. The van der Waals surface area contributed by atoms with Gasteiger partial charge in [0.05, 0.1) is 11.5 Å². The van der Waals surface area contributed by atoms with Crippen molar-refractivity contribution in [1.29, 1.82) is 0 Å². The molecule has 1 fully saturated rings. The van der Waals surface area contributed by atoms with Crippen LogP contribution in [0.4, 0.5) is 10.1 Å². The van der Waals surface area contributed by atoms with E-state index < -0.39 is 10.7 Å². The summed E-state index contributed by atoms with van der Waals surface area (Å²) in [7, 11) is 0. The van der Waals surface area contributed by atoms with Gasteiger partial charge >= 0.3 is 0 Å². The quantitative estimate of drug-likeness (QED) is 0.656. The van der Waals surface area contributed by atoms with Crippen LogP contribution in [0, 0.1) is 15.9 Å².